The van der Waals surface area contributed by atoms with Crippen molar-refractivity contribution in [3.8, 4) is 22.6 Å². The van der Waals surface area contributed by atoms with Crippen molar-refractivity contribution < 1.29 is 0 Å². The Balaban J connectivity index is 1.50. The summed E-state index contributed by atoms with van der Waals surface area (Å²) in [6, 6.07) is 43.4. The molecule has 0 unspecified atom stereocenters. The van der Waals surface area contributed by atoms with Gasteiger partial charge in [-0.15, -0.1) is 34.0 Å². The van der Waals surface area contributed by atoms with Crippen molar-refractivity contribution in [1.82, 2.24) is 9.97 Å². The summed E-state index contributed by atoms with van der Waals surface area (Å²) in [5, 5.41) is 10.4. The van der Waals surface area contributed by atoms with E-state index >= 15 is 0 Å². The number of hydrogen-bond acceptors (Lipinski definition) is 5. The second-order valence-corrected chi connectivity index (χ2v) is 14.0. The summed E-state index contributed by atoms with van der Waals surface area (Å²) < 4.78 is 6.62. The van der Waals surface area contributed by atoms with Gasteiger partial charge in [-0.25, -0.2) is 9.97 Å². The maximum absolute atomic E-state index is 5.30. The summed E-state index contributed by atoms with van der Waals surface area (Å²) in [6.45, 7) is 0. The Morgan fingerprint density at radius 3 is 1.74 bits per heavy atom. The summed E-state index contributed by atoms with van der Waals surface area (Å²) in [4.78, 5) is 11.6. The van der Waals surface area contributed by atoms with Crippen molar-refractivity contribution in [2.45, 2.75) is 0 Å². The molecule has 10 rings (SSSR count). The van der Waals surface area contributed by atoms with Gasteiger partial charge in [0.05, 0.1) is 15.1 Å². The summed E-state index contributed by atoms with van der Waals surface area (Å²) in [6.07, 6.45) is 0. The maximum Gasteiger partial charge on any atom is 0.161 e. The van der Waals surface area contributed by atoms with E-state index in [0.29, 0.717) is 0 Å². The summed E-state index contributed by atoms with van der Waals surface area (Å²) in [5.41, 5.74) is 3.13. The first-order chi connectivity index (χ1) is 21.3. The van der Waals surface area contributed by atoms with Gasteiger partial charge >= 0.3 is 0 Å². The molecular weight excluding hydrogens is 581 g/mol. The van der Waals surface area contributed by atoms with Gasteiger partial charge in [-0.1, -0.05) is 103 Å². The van der Waals surface area contributed by atoms with E-state index in [0.717, 1.165) is 32.9 Å². The van der Waals surface area contributed by atoms with Gasteiger partial charge in [0.25, 0.3) is 0 Å². The van der Waals surface area contributed by atoms with E-state index in [1.807, 2.05) is 40.1 Å². The number of benzene rings is 6. The number of rotatable bonds is 2. The largest absolute Gasteiger partial charge is 0.227 e. The van der Waals surface area contributed by atoms with E-state index in [1.54, 1.807) is 0 Å². The Hall–Kier alpha value is -4.68. The zero-order valence-corrected chi connectivity index (χ0v) is 25.1. The molecule has 0 fully saturated rings. The topological polar surface area (TPSA) is 25.8 Å². The molecular formula is C38H20N2S3. The number of thiophene rings is 3. The van der Waals surface area contributed by atoms with Crippen molar-refractivity contribution >= 4 is 105 Å². The van der Waals surface area contributed by atoms with Crippen LogP contribution in [0.5, 0.6) is 0 Å². The summed E-state index contributed by atoms with van der Waals surface area (Å²) >= 11 is 5.60. The minimum Gasteiger partial charge on any atom is -0.227 e. The highest BCUT2D eigenvalue weighted by Gasteiger charge is 2.24. The predicted molar refractivity (Wildman–Crippen MR) is 189 cm³/mol. The molecule has 6 aromatic carbocycles. The molecule has 0 radical (unpaired) electrons. The molecule has 10 aromatic rings. The molecule has 0 N–H and O–H groups in total. The fraction of sp³-hybridized carbons (Fsp3) is 0. The molecule has 0 aliphatic rings. The Bertz CT molecular complexity index is 2720. The van der Waals surface area contributed by atoms with Crippen LogP contribution in [-0.2, 0) is 0 Å². The Morgan fingerprint density at radius 2 is 0.977 bits per heavy atom. The molecule has 0 atom stereocenters. The SMILES string of the molecule is c1ccc(-c2nc(-c3ccccc3)c3c(n2)sc2c4sc5ccccc5c4c4c(ccc5sc6ccccc6c54)c23)cc1. The van der Waals surface area contributed by atoms with Crippen LogP contribution in [0.15, 0.2) is 121 Å². The van der Waals surface area contributed by atoms with Crippen LogP contribution in [0, 0.1) is 0 Å². The molecule has 4 heterocycles. The van der Waals surface area contributed by atoms with E-state index in [9.17, 15) is 0 Å². The zero-order chi connectivity index (χ0) is 28.1. The lowest BCUT2D eigenvalue weighted by Gasteiger charge is -2.10. The summed E-state index contributed by atoms with van der Waals surface area (Å²) in [7, 11) is 0. The average molecular weight is 601 g/mol. The number of fused-ring (bicyclic) bond motifs is 14. The minimum atomic E-state index is 0.765. The first kappa shape index (κ1) is 23.8. The summed E-state index contributed by atoms with van der Waals surface area (Å²) in [5.74, 6) is 0.765. The van der Waals surface area contributed by atoms with Crippen molar-refractivity contribution in [3.63, 3.8) is 0 Å². The van der Waals surface area contributed by atoms with Crippen LogP contribution in [0.2, 0.25) is 0 Å². The molecule has 43 heavy (non-hydrogen) atoms. The maximum atomic E-state index is 5.30. The van der Waals surface area contributed by atoms with E-state index in [2.05, 4.69) is 115 Å². The predicted octanol–water partition coefficient (Wildman–Crippen LogP) is 12.1. The van der Waals surface area contributed by atoms with Gasteiger partial charge in [-0.2, -0.15) is 0 Å². The molecule has 0 saturated heterocycles. The Labute approximate surface area is 258 Å². The number of hydrogen-bond donors (Lipinski definition) is 0. The lowest BCUT2D eigenvalue weighted by Crippen LogP contribution is -1.93. The molecule has 4 aromatic heterocycles. The number of aromatic nitrogens is 2. The monoisotopic (exact) mass is 600 g/mol. The fourth-order valence-electron chi connectivity index (χ4n) is 6.68. The van der Waals surface area contributed by atoms with Crippen LogP contribution in [0.25, 0.3) is 94.1 Å². The highest BCUT2D eigenvalue weighted by molar-refractivity contribution is 7.34. The molecule has 5 heteroatoms. The second kappa shape index (κ2) is 8.91. The minimum absolute atomic E-state index is 0.765. The average Bonchev–Trinajstić information content (AvgIpc) is 3.76. The van der Waals surface area contributed by atoms with Gasteiger partial charge in [0.1, 0.15) is 4.83 Å². The standard InChI is InChI=1S/C38H20N2S3/c1-3-11-21(12-4-1)34-33-32-25-19-20-28-29(23-15-7-9-17-26(23)41-28)30(25)31-24-16-8-10-18-27(24)42-35(31)36(32)43-38(33)40-37(39-34)22-13-5-2-6-14-22/h1-20H. The first-order valence-corrected chi connectivity index (χ1v) is 16.7. The van der Waals surface area contributed by atoms with Crippen molar-refractivity contribution in [2.24, 2.45) is 0 Å². The van der Waals surface area contributed by atoms with Gasteiger partial charge in [0.15, 0.2) is 5.82 Å². The highest BCUT2D eigenvalue weighted by atomic mass is 32.1. The molecule has 0 spiro atoms. The number of nitrogens with zero attached hydrogens (tertiary/aromatic N) is 2. The third-order valence-electron chi connectivity index (χ3n) is 8.50. The van der Waals surface area contributed by atoms with Crippen LogP contribution in [-0.4, -0.2) is 9.97 Å². The molecule has 200 valence electrons. The van der Waals surface area contributed by atoms with Gasteiger partial charge in [-0.3, -0.25) is 0 Å². The molecule has 0 aliphatic heterocycles. The van der Waals surface area contributed by atoms with Crippen LogP contribution < -0.4 is 0 Å². The Morgan fingerprint density at radius 1 is 0.372 bits per heavy atom. The normalized spacial score (nSPS) is 12.2. The van der Waals surface area contributed by atoms with Gasteiger partial charge in [-0.05, 0) is 23.6 Å². The third kappa shape index (κ3) is 3.33. The molecule has 0 saturated carbocycles. The van der Waals surface area contributed by atoms with Crippen LogP contribution in [0.3, 0.4) is 0 Å². The van der Waals surface area contributed by atoms with E-state index in [4.69, 9.17) is 9.97 Å². The van der Waals surface area contributed by atoms with Crippen molar-refractivity contribution in [3.05, 3.63) is 121 Å². The van der Waals surface area contributed by atoms with E-state index < -0.39 is 0 Å². The van der Waals surface area contributed by atoms with Crippen LogP contribution >= 0.6 is 34.0 Å². The van der Waals surface area contributed by atoms with Crippen LogP contribution in [0.1, 0.15) is 0 Å². The van der Waals surface area contributed by atoms with E-state index in [-0.39, 0.29) is 0 Å². The third-order valence-corrected chi connectivity index (χ3v) is 12.0. The Kier molecular flexibility index (Phi) is 4.94. The zero-order valence-electron chi connectivity index (χ0n) is 22.7. The molecule has 2 nitrogen and oxygen atoms in total. The fourth-order valence-corrected chi connectivity index (χ4v) is 10.3. The lowest BCUT2D eigenvalue weighted by atomic mass is 9.94. The second-order valence-electron chi connectivity index (χ2n) is 10.9. The van der Waals surface area contributed by atoms with E-state index in [1.165, 1.54) is 61.2 Å². The molecule has 0 amide bonds. The van der Waals surface area contributed by atoms with Gasteiger partial charge in [0.2, 0.25) is 0 Å². The van der Waals surface area contributed by atoms with Gasteiger partial charge < -0.3 is 0 Å². The lowest BCUT2D eigenvalue weighted by molar-refractivity contribution is 1.24. The van der Waals surface area contributed by atoms with Crippen molar-refractivity contribution in [2.75, 3.05) is 0 Å². The smallest absolute Gasteiger partial charge is 0.161 e. The molecule has 0 bridgehead atoms. The quantitative estimate of drug-likeness (QED) is 0.197. The molecule has 0 aliphatic carbocycles. The first-order valence-electron chi connectivity index (χ1n) is 14.3. The van der Waals surface area contributed by atoms with Crippen molar-refractivity contribution in [1.29, 1.82) is 0 Å². The van der Waals surface area contributed by atoms with Crippen LogP contribution in [0.4, 0.5) is 0 Å². The highest BCUT2D eigenvalue weighted by Crippen LogP contribution is 2.53. The van der Waals surface area contributed by atoms with Gasteiger partial charge in [0, 0.05) is 62.9 Å².